The highest BCUT2D eigenvalue weighted by Crippen LogP contribution is 2.11. The largest absolute Gasteiger partial charge is 0.509 e. The molecule has 15 heavy (non-hydrogen) atoms. The minimum absolute atomic E-state index is 0.414. The van der Waals surface area contributed by atoms with E-state index >= 15 is 0 Å². The van der Waals surface area contributed by atoms with Gasteiger partial charge in [-0.15, -0.1) is 5.46 Å². The molecule has 0 aliphatic heterocycles. The van der Waals surface area contributed by atoms with E-state index in [2.05, 4.69) is 5.10 Å². The summed E-state index contributed by atoms with van der Waals surface area (Å²) in [6.07, 6.45) is 3.12. The molecule has 1 aromatic heterocycles. The first kappa shape index (κ1) is 9.83. The Balaban J connectivity index is 2.44. The average molecular weight is 211 g/mol. The Kier molecular flexibility index (Phi) is 2.26. The summed E-state index contributed by atoms with van der Waals surface area (Å²) in [5, 5.41) is 3.87. The summed E-state index contributed by atoms with van der Waals surface area (Å²) >= 11 is 0. The lowest BCUT2D eigenvalue weighted by molar-refractivity contribution is 0.501. The van der Waals surface area contributed by atoms with Gasteiger partial charge in [-0.05, 0) is 12.1 Å². The normalized spacial score (nSPS) is 11.7. The molecule has 78 valence electrons. The molecule has 0 bridgehead atoms. The summed E-state index contributed by atoms with van der Waals surface area (Å²) in [7, 11) is 0. The van der Waals surface area contributed by atoms with Crippen LogP contribution in [0, 0.1) is 0 Å². The third-order valence-electron chi connectivity index (χ3n) is 2.02. The van der Waals surface area contributed by atoms with E-state index in [4.69, 9.17) is 0 Å². The van der Waals surface area contributed by atoms with Gasteiger partial charge in [0.1, 0.15) is 0 Å². The minimum Gasteiger partial charge on any atom is -0.445 e. The third-order valence-corrected chi connectivity index (χ3v) is 2.02. The van der Waals surface area contributed by atoms with Crippen LogP contribution in [0.15, 0.2) is 42.7 Å². The van der Waals surface area contributed by atoms with Gasteiger partial charge in [0.15, 0.2) is 0 Å². The highest BCUT2D eigenvalue weighted by Gasteiger charge is 2.25. The van der Waals surface area contributed by atoms with E-state index < -0.39 is 12.4 Å². The molecule has 0 saturated heterocycles. The van der Waals surface area contributed by atoms with Crippen LogP contribution in [0.25, 0.3) is 5.69 Å². The second kappa shape index (κ2) is 3.45. The van der Waals surface area contributed by atoms with Crippen molar-refractivity contribution in [3.05, 3.63) is 42.7 Å². The minimum atomic E-state index is -4.95. The molecule has 1 aromatic carbocycles. The van der Waals surface area contributed by atoms with Gasteiger partial charge in [-0.1, -0.05) is 18.2 Å². The van der Waals surface area contributed by atoms with Crippen molar-refractivity contribution in [2.24, 2.45) is 0 Å². The van der Waals surface area contributed by atoms with Crippen LogP contribution < -0.4 is 5.46 Å². The van der Waals surface area contributed by atoms with Gasteiger partial charge < -0.3 is 12.9 Å². The van der Waals surface area contributed by atoms with Crippen molar-refractivity contribution in [2.75, 3.05) is 0 Å². The van der Waals surface area contributed by atoms with Crippen LogP contribution in [0.5, 0.6) is 0 Å². The standard InChI is InChI=1S/C9H7BF3N2/c11-10(12,13)8-3-1-4-9(7-8)15-6-2-5-14-15/h1-7H/q-1. The van der Waals surface area contributed by atoms with Crippen molar-refractivity contribution < 1.29 is 12.9 Å². The fourth-order valence-corrected chi connectivity index (χ4v) is 1.29. The summed E-state index contributed by atoms with van der Waals surface area (Å²) in [5.74, 6) is 0. The second-order valence-corrected chi connectivity index (χ2v) is 3.12. The molecule has 2 aromatic rings. The maximum absolute atomic E-state index is 12.4. The van der Waals surface area contributed by atoms with Crippen LogP contribution >= 0.6 is 0 Å². The highest BCUT2D eigenvalue weighted by atomic mass is 19.4. The fourth-order valence-electron chi connectivity index (χ4n) is 1.29. The Morgan fingerprint density at radius 1 is 1.13 bits per heavy atom. The predicted octanol–water partition coefficient (Wildman–Crippen LogP) is 1.93. The summed E-state index contributed by atoms with van der Waals surface area (Å²) in [6.45, 7) is -4.95. The lowest BCUT2D eigenvalue weighted by Gasteiger charge is -2.15. The summed E-state index contributed by atoms with van der Waals surface area (Å²) in [4.78, 5) is 0. The molecule has 0 spiro atoms. The van der Waals surface area contributed by atoms with E-state index in [1.165, 1.54) is 16.9 Å². The van der Waals surface area contributed by atoms with Gasteiger partial charge in [0, 0.05) is 12.4 Å². The number of benzene rings is 1. The first-order valence-corrected chi connectivity index (χ1v) is 4.37. The molecule has 0 aliphatic carbocycles. The van der Waals surface area contributed by atoms with Crippen molar-refractivity contribution in [3.8, 4) is 5.69 Å². The zero-order chi connectivity index (χ0) is 10.9. The van der Waals surface area contributed by atoms with Gasteiger partial charge in [-0.25, -0.2) is 4.68 Å². The van der Waals surface area contributed by atoms with Crippen LogP contribution in [0.2, 0.25) is 0 Å². The summed E-state index contributed by atoms with van der Waals surface area (Å²) in [6, 6.07) is 6.77. The second-order valence-electron chi connectivity index (χ2n) is 3.12. The summed E-state index contributed by atoms with van der Waals surface area (Å²) in [5.41, 5.74) is -0.195. The Bertz CT molecular complexity index is 451. The van der Waals surface area contributed by atoms with Crippen LogP contribution in [0.3, 0.4) is 0 Å². The lowest BCUT2D eigenvalue weighted by Crippen LogP contribution is -2.34. The van der Waals surface area contributed by atoms with Crippen LogP contribution in [0.4, 0.5) is 12.9 Å². The smallest absolute Gasteiger partial charge is 0.445 e. The molecular formula is C9H7BF3N2-. The van der Waals surface area contributed by atoms with Crippen LogP contribution in [-0.2, 0) is 0 Å². The van der Waals surface area contributed by atoms with E-state index in [1.54, 1.807) is 18.3 Å². The third kappa shape index (κ3) is 2.03. The SMILES string of the molecule is F[B-](F)(F)c1cccc(-n2cccn2)c1. The van der Waals surface area contributed by atoms with Crippen molar-refractivity contribution in [3.63, 3.8) is 0 Å². The van der Waals surface area contributed by atoms with E-state index in [-0.39, 0.29) is 0 Å². The number of nitrogens with zero attached hydrogens (tertiary/aromatic N) is 2. The molecule has 0 saturated carbocycles. The summed E-state index contributed by atoms with van der Waals surface area (Å²) < 4.78 is 38.7. The maximum atomic E-state index is 12.4. The number of hydrogen-bond donors (Lipinski definition) is 0. The molecule has 6 heteroatoms. The molecule has 0 fully saturated rings. The average Bonchev–Trinajstić information content (AvgIpc) is 2.69. The molecule has 0 unspecified atom stereocenters. The number of hydrogen-bond acceptors (Lipinski definition) is 1. The lowest BCUT2D eigenvalue weighted by atomic mass is 9.80. The molecule has 0 amide bonds. The van der Waals surface area contributed by atoms with E-state index in [1.807, 2.05) is 0 Å². The molecule has 2 rings (SSSR count). The number of aromatic nitrogens is 2. The molecular weight excluding hydrogens is 204 g/mol. The highest BCUT2D eigenvalue weighted by molar-refractivity contribution is 6.73. The van der Waals surface area contributed by atoms with E-state index in [0.29, 0.717) is 5.69 Å². The molecule has 2 nitrogen and oxygen atoms in total. The monoisotopic (exact) mass is 211 g/mol. The zero-order valence-corrected chi connectivity index (χ0v) is 7.65. The first-order valence-electron chi connectivity index (χ1n) is 4.37. The quantitative estimate of drug-likeness (QED) is 0.694. The zero-order valence-electron chi connectivity index (χ0n) is 7.65. The van der Waals surface area contributed by atoms with Crippen molar-refractivity contribution in [1.82, 2.24) is 9.78 Å². The van der Waals surface area contributed by atoms with Crippen molar-refractivity contribution in [2.45, 2.75) is 0 Å². The number of rotatable bonds is 2. The van der Waals surface area contributed by atoms with Gasteiger partial charge in [0.05, 0.1) is 5.69 Å². The van der Waals surface area contributed by atoms with Crippen molar-refractivity contribution in [1.29, 1.82) is 0 Å². The Labute approximate surface area is 84.4 Å². The van der Waals surface area contributed by atoms with Crippen LogP contribution in [-0.4, -0.2) is 16.8 Å². The molecule has 0 aliphatic rings. The molecule has 1 heterocycles. The van der Waals surface area contributed by atoms with Crippen molar-refractivity contribution >= 4 is 12.4 Å². The van der Waals surface area contributed by atoms with Gasteiger partial charge in [-0.3, -0.25) is 0 Å². The van der Waals surface area contributed by atoms with Gasteiger partial charge in [-0.2, -0.15) is 5.10 Å². The Hall–Kier alpha value is -1.72. The Morgan fingerprint density at radius 3 is 2.53 bits per heavy atom. The topological polar surface area (TPSA) is 17.8 Å². The number of halogens is 3. The Morgan fingerprint density at radius 2 is 1.93 bits per heavy atom. The molecule has 0 radical (unpaired) electrons. The molecule has 0 atom stereocenters. The molecule has 0 N–H and O–H groups in total. The fraction of sp³-hybridized carbons (Fsp3) is 0. The first-order chi connectivity index (χ1) is 7.07. The van der Waals surface area contributed by atoms with Gasteiger partial charge >= 0.3 is 6.98 Å². The van der Waals surface area contributed by atoms with Crippen LogP contribution in [0.1, 0.15) is 0 Å². The van der Waals surface area contributed by atoms with E-state index in [0.717, 1.165) is 12.1 Å². The van der Waals surface area contributed by atoms with Gasteiger partial charge in [0.2, 0.25) is 0 Å². The van der Waals surface area contributed by atoms with Gasteiger partial charge in [0.25, 0.3) is 0 Å². The van der Waals surface area contributed by atoms with E-state index in [9.17, 15) is 12.9 Å². The predicted molar refractivity (Wildman–Crippen MR) is 52.3 cm³/mol. The maximum Gasteiger partial charge on any atom is 0.509 e.